The highest BCUT2D eigenvalue weighted by molar-refractivity contribution is 14.0. The molecule has 1 aliphatic rings. The zero-order chi connectivity index (χ0) is 19.2. The molecule has 0 bridgehead atoms. The Balaban J connectivity index is 0.00000364. The molecular weight excluding hydrogens is 479 g/mol. The van der Waals surface area contributed by atoms with Gasteiger partial charge in [-0.15, -0.1) is 24.0 Å². The molecule has 1 atom stereocenters. The van der Waals surface area contributed by atoms with E-state index in [1.807, 2.05) is 19.1 Å². The Labute approximate surface area is 180 Å². The molecule has 0 aromatic heterocycles. The molecule has 1 aromatic rings. The van der Waals surface area contributed by atoms with Gasteiger partial charge >= 0.3 is 0 Å². The van der Waals surface area contributed by atoms with E-state index < -0.39 is 10.0 Å². The van der Waals surface area contributed by atoms with E-state index in [1.54, 1.807) is 33.3 Å². The summed E-state index contributed by atoms with van der Waals surface area (Å²) in [5, 5.41) is 3.31. The number of nitrogens with one attached hydrogen (secondary N) is 1. The highest BCUT2D eigenvalue weighted by Crippen LogP contribution is 2.20. The lowest BCUT2D eigenvalue weighted by Gasteiger charge is -2.22. The van der Waals surface area contributed by atoms with E-state index in [4.69, 9.17) is 9.73 Å². The fraction of sp³-hybridized carbons (Fsp3) is 0.611. The minimum absolute atomic E-state index is 0. The van der Waals surface area contributed by atoms with Crippen molar-refractivity contribution in [2.24, 2.45) is 10.9 Å². The van der Waals surface area contributed by atoms with Crippen molar-refractivity contribution in [1.82, 2.24) is 14.5 Å². The minimum Gasteiger partial charge on any atom is -0.384 e. The fourth-order valence-electron chi connectivity index (χ4n) is 3.07. The van der Waals surface area contributed by atoms with Gasteiger partial charge in [0, 0.05) is 46.8 Å². The highest BCUT2D eigenvalue weighted by atomic mass is 127. The van der Waals surface area contributed by atoms with Crippen LogP contribution in [0.25, 0.3) is 0 Å². The quantitative estimate of drug-likeness (QED) is 0.345. The summed E-state index contributed by atoms with van der Waals surface area (Å²) in [4.78, 5) is 7.23. The number of nitrogens with zero attached hydrogens (tertiary/aromatic N) is 3. The van der Waals surface area contributed by atoms with Crippen LogP contribution in [0.15, 0.2) is 34.2 Å². The minimum atomic E-state index is -3.49. The van der Waals surface area contributed by atoms with Gasteiger partial charge in [0.25, 0.3) is 0 Å². The summed E-state index contributed by atoms with van der Waals surface area (Å²) >= 11 is 0. The number of methoxy groups -OCH3 is 1. The highest BCUT2D eigenvalue weighted by Gasteiger charge is 2.25. The maximum Gasteiger partial charge on any atom is 0.242 e. The molecule has 0 spiro atoms. The van der Waals surface area contributed by atoms with Crippen LogP contribution >= 0.6 is 24.0 Å². The Morgan fingerprint density at radius 1 is 1.37 bits per heavy atom. The number of sulfonamides is 1. The molecule has 2 rings (SSSR count). The first kappa shape index (κ1) is 24.1. The SMILES string of the molecule is CCNC(=NCc1ccccc1S(=O)(=O)N(C)C)N1CCC(COC)C1.I. The van der Waals surface area contributed by atoms with Gasteiger partial charge in [-0.05, 0) is 25.0 Å². The Morgan fingerprint density at radius 2 is 2.07 bits per heavy atom. The van der Waals surface area contributed by atoms with Gasteiger partial charge in [-0.2, -0.15) is 0 Å². The third-order valence-corrected chi connectivity index (χ3v) is 6.37. The van der Waals surface area contributed by atoms with Crippen LogP contribution in [0, 0.1) is 5.92 Å². The predicted octanol–water partition coefficient (Wildman–Crippen LogP) is 1.99. The van der Waals surface area contributed by atoms with E-state index in [2.05, 4.69) is 10.2 Å². The summed E-state index contributed by atoms with van der Waals surface area (Å²) in [7, 11) is 1.32. The van der Waals surface area contributed by atoms with Crippen molar-refractivity contribution in [2.75, 3.05) is 47.4 Å². The second-order valence-electron chi connectivity index (χ2n) is 6.62. The van der Waals surface area contributed by atoms with Gasteiger partial charge in [0.05, 0.1) is 18.0 Å². The standard InChI is InChI=1S/C18H30N4O3S.HI/c1-5-19-18(22-11-10-15(13-22)14-25-4)20-12-16-8-6-7-9-17(16)26(23,24)21(2)3;/h6-9,15H,5,10-14H2,1-4H3,(H,19,20);1H. The maximum absolute atomic E-state index is 12.5. The number of likely N-dealkylation sites (tertiary alicyclic amines) is 1. The van der Waals surface area contributed by atoms with E-state index >= 15 is 0 Å². The smallest absolute Gasteiger partial charge is 0.242 e. The predicted molar refractivity (Wildman–Crippen MR) is 119 cm³/mol. The molecule has 7 nitrogen and oxygen atoms in total. The molecule has 0 radical (unpaired) electrons. The summed E-state index contributed by atoms with van der Waals surface area (Å²) in [6.07, 6.45) is 1.07. The van der Waals surface area contributed by atoms with Crippen LogP contribution in [0.2, 0.25) is 0 Å². The number of halogens is 1. The van der Waals surface area contributed by atoms with Crippen molar-refractivity contribution in [3.8, 4) is 0 Å². The molecule has 0 amide bonds. The van der Waals surface area contributed by atoms with Gasteiger partial charge in [-0.25, -0.2) is 17.7 Å². The number of guanidine groups is 1. The van der Waals surface area contributed by atoms with E-state index in [9.17, 15) is 8.42 Å². The average molecular weight is 510 g/mol. The van der Waals surface area contributed by atoms with E-state index in [0.717, 1.165) is 38.6 Å². The first-order chi connectivity index (χ1) is 12.4. The molecule has 1 aliphatic heterocycles. The van der Waals surface area contributed by atoms with Crippen LogP contribution in [-0.2, 0) is 21.3 Å². The van der Waals surface area contributed by atoms with Crippen molar-refractivity contribution in [3.63, 3.8) is 0 Å². The molecule has 0 saturated carbocycles. The third kappa shape index (κ3) is 6.30. The van der Waals surface area contributed by atoms with Crippen LogP contribution in [-0.4, -0.2) is 71.0 Å². The van der Waals surface area contributed by atoms with Gasteiger partial charge in [-0.1, -0.05) is 18.2 Å². The molecule has 9 heteroatoms. The molecule has 154 valence electrons. The summed E-state index contributed by atoms with van der Waals surface area (Å²) < 4.78 is 31.6. The lowest BCUT2D eigenvalue weighted by atomic mass is 10.1. The topological polar surface area (TPSA) is 74.2 Å². The summed E-state index contributed by atoms with van der Waals surface area (Å²) in [6.45, 7) is 5.69. The normalized spacial score (nSPS) is 17.9. The van der Waals surface area contributed by atoms with Crippen LogP contribution in [0.1, 0.15) is 18.9 Å². The lowest BCUT2D eigenvalue weighted by Crippen LogP contribution is -2.40. The number of hydrogen-bond acceptors (Lipinski definition) is 4. The molecule has 1 heterocycles. The molecular formula is C18H31IN4O3S. The molecule has 1 aromatic carbocycles. The van der Waals surface area contributed by atoms with Gasteiger partial charge in [0.15, 0.2) is 5.96 Å². The second kappa shape index (κ2) is 11.2. The van der Waals surface area contributed by atoms with Crippen LogP contribution in [0.4, 0.5) is 0 Å². The maximum atomic E-state index is 12.5. The van der Waals surface area contributed by atoms with E-state index in [1.165, 1.54) is 4.31 Å². The van der Waals surface area contributed by atoms with Gasteiger partial charge in [-0.3, -0.25) is 0 Å². The average Bonchev–Trinajstić information content (AvgIpc) is 3.07. The molecule has 1 unspecified atom stereocenters. The summed E-state index contributed by atoms with van der Waals surface area (Å²) in [5.74, 6) is 1.33. The largest absolute Gasteiger partial charge is 0.384 e. The Kier molecular flexibility index (Phi) is 9.99. The van der Waals surface area contributed by atoms with Crippen molar-refractivity contribution in [2.45, 2.75) is 24.8 Å². The number of rotatable bonds is 7. The van der Waals surface area contributed by atoms with Gasteiger partial charge in [0.1, 0.15) is 0 Å². The number of benzene rings is 1. The molecule has 1 saturated heterocycles. The van der Waals surface area contributed by atoms with E-state index in [-0.39, 0.29) is 24.0 Å². The Morgan fingerprint density at radius 3 is 2.70 bits per heavy atom. The summed E-state index contributed by atoms with van der Waals surface area (Å²) in [6, 6.07) is 7.04. The Bertz CT molecular complexity index is 725. The number of aliphatic imine (C=N–C) groups is 1. The molecule has 1 fully saturated rings. The zero-order valence-electron chi connectivity index (χ0n) is 16.5. The zero-order valence-corrected chi connectivity index (χ0v) is 19.7. The first-order valence-corrected chi connectivity index (χ1v) is 10.4. The monoisotopic (exact) mass is 510 g/mol. The van der Waals surface area contributed by atoms with Crippen LogP contribution in [0.3, 0.4) is 0 Å². The van der Waals surface area contributed by atoms with Gasteiger partial charge < -0.3 is 15.0 Å². The molecule has 27 heavy (non-hydrogen) atoms. The summed E-state index contributed by atoms with van der Waals surface area (Å²) in [5.41, 5.74) is 0.698. The van der Waals surface area contributed by atoms with Crippen LogP contribution < -0.4 is 5.32 Å². The number of ether oxygens (including phenoxy) is 1. The third-order valence-electron chi connectivity index (χ3n) is 4.45. The number of hydrogen-bond donors (Lipinski definition) is 1. The molecule has 0 aliphatic carbocycles. The lowest BCUT2D eigenvalue weighted by molar-refractivity contribution is 0.157. The second-order valence-corrected chi connectivity index (χ2v) is 8.74. The van der Waals surface area contributed by atoms with Crippen molar-refractivity contribution >= 4 is 40.0 Å². The first-order valence-electron chi connectivity index (χ1n) is 8.92. The van der Waals surface area contributed by atoms with Crippen molar-refractivity contribution < 1.29 is 13.2 Å². The van der Waals surface area contributed by atoms with E-state index in [0.29, 0.717) is 22.9 Å². The molecule has 1 N–H and O–H groups in total. The van der Waals surface area contributed by atoms with Crippen molar-refractivity contribution in [3.05, 3.63) is 29.8 Å². The van der Waals surface area contributed by atoms with Crippen molar-refractivity contribution in [1.29, 1.82) is 0 Å². The van der Waals surface area contributed by atoms with Gasteiger partial charge in [0.2, 0.25) is 10.0 Å². The van der Waals surface area contributed by atoms with Crippen LogP contribution in [0.5, 0.6) is 0 Å². The fourth-order valence-corrected chi connectivity index (χ4v) is 4.17. The Hall–Kier alpha value is -0.910.